The second-order valence-corrected chi connectivity index (χ2v) is 8.66. The molecule has 2 amide bonds. The van der Waals surface area contributed by atoms with E-state index in [-0.39, 0.29) is 5.75 Å². The number of carbonyl (C=O) groups is 1. The topological polar surface area (TPSA) is 87.7 Å². The van der Waals surface area contributed by atoms with Crippen LogP contribution in [0.2, 0.25) is 0 Å². The lowest BCUT2D eigenvalue weighted by Gasteiger charge is -2.36. The van der Waals surface area contributed by atoms with Crippen LogP contribution in [0.15, 0.2) is 59.2 Å². The van der Waals surface area contributed by atoms with Gasteiger partial charge in [-0.05, 0) is 65.0 Å². The fourth-order valence-corrected chi connectivity index (χ4v) is 5.01. The molecule has 0 aromatic heterocycles. The maximum Gasteiger partial charge on any atom is 0.332 e. The number of benzene rings is 2. The standard InChI is InChI=1S/C26H33N3O2/c1-4-5-20-14-17(2)24(18(3)15-20)25(22-10-12-23(30)13-11-22)21-8-6-19(7-9-21)16-28-29-26(27)31/h6-13,16-18,20,30H,4-5,14-15H2,1-3H3,(H3,27,29,31)/b25-24?,28-16+. The van der Waals surface area contributed by atoms with Gasteiger partial charge in [0.1, 0.15) is 5.75 Å². The van der Waals surface area contributed by atoms with Crippen molar-refractivity contribution < 1.29 is 9.90 Å². The number of aromatic hydroxyl groups is 1. The molecule has 0 spiro atoms. The van der Waals surface area contributed by atoms with Crippen molar-refractivity contribution in [3.05, 3.63) is 70.8 Å². The van der Waals surface area contributed by atoms with E-state index in [0.29, 0.717) is 11.8 Å². The zero-order valence-electron chi connectivity index (χ0n) is 18.6. The predicted octanol–water partition coefficient (Wildman–Crippen LogP) is 5.68. The zero-order chi connectivity index (χ0) is 22.4. The molecule has 2 aromatic carbocycles. The molecule has 0 radical (unpaired) electrons. The first-order valence-corrected chi connectivity index (χ1v) is 11.1. The number of hydrazone groups is 1. The Kier molecular flexibility index (Phi) is 7.50. The summed E-state index contributed by atoms with van der Waals surface area (Å²) in [5, 5.41) is 13.6. The number of amides is 2. The van der Waals surface area contributed by atoms with Crippen LogP contribution in [0.25, 0.3) is 5.57 Å². The summed E-state index contributed by atoms with van der Waals surface area (Å²) in [5.41, 5.74) is 13.2. The minimum Gasteiger partial charge on any atom is -0.508 e. The Morgan fingerprint density at radius 1 is 1.06 bits per heavy atom. The van der Waals surface area contributed by atoms with Crippen LogP contribution in [0.1, 0.15) is 63.1 Å². The van der Waals surface area contributed by atoms with E-state index in [0.717, 1.165) is 22.6 Å². The van der Waals surface area contributed by atoms with Crippen LogP contribution in [0, 0.1) is 17.8 Å². The predicted molar refractivity (Wildman–Crippen MR) is 127 cm³/mol. The van der Waals surface area contributed by atoms with E-state index in [1.165, 1.54) is 36.8 Å². The highest BCUT2D eigenvalue weighted by atomic mass is 16.3. The van der Waals surface area contributed by atoms with Crippen LogP contribution in [0.4, 0.5) is 4.79 Å². The van der Waals surface area contributed by atoms with E-state index in [4.69, 9.17) is 5.73 Å². The summed E-state index contributed by atoms with van der Waals surface area (Å²) in [6.07, 6.45) is 6.55. The molecule has 2 atom stereocenters. The molecule has 164 valence electrons. The maximum atomic E-state index is 10.8. The number of nitrogens with zero attached hydrogens (tertiary/aromatic N) is 1. The summed E-state index contributed by atoms with van der Waals surface area (Å²) in [5.74, 6) is 2.07. The molecule has 1 fully saturated rings. The summed E-state index contributed by atoms with van der Waals surface area (Å²) in [6.45, 7) is 6.97. The molecule has 1 saturated carbocycles. The Morgan fingerprint density at radius 2 is 1.61 bits per heavy atom. The van der Waals surface area contributed by atoms with E-state index >= 15 is 0 Å². The molecule has 0 bridgehead atoms. The molecule has 3 rings (SSSR count). The van der Waals surface area contributed by atoms with Crippen LogP contribution >= 0.6 is 0 Å². The van der Waals surface area contributed by atoms with Crippen LogP contribution in [0.5, 0.6) is 5.75 Å². The SMILES string of the molecule is CCCC1CC(C)C(=C(c2ccc(O)cc2)c2ccc(/C=N/NC(N)=O)cc2)C(C)C1. The van der Waals surface area contributed by atoms with Crippen LogP contribution in [0.3, 0.4) is 0 Å². The summed E-state index contributed by atoms with van der Waals surface area (Å²) in [4.78, 5) is 10.8. The van der Waals surface area contributed by atoms with Crippen molar-refractivity contribution >= 4 is 17.8 Å². The Bertz CT molecular complexity index is 932. The van der Waals surface area contributed by atoms with Crippen molar-refractivity contribution in [2.75, 3.05) is 0 Å². The van der Waals surface area contributed by atoms with Crippen molar-refractivity contribution in [3.8, 4) is 5.75 Å². The number of rotatable bonds is 6. The summed E-state index contributed by atoms with van der Waals surface area (Å²) in [7, 11) is 0. The maximum absolute atomic E-state index is 10.8. The van der Waals surface area contributed by atoms with Gasteiger partial charge in [0.25, 0.3) is 0 Å². The lowest BCUT2D eigenvalue weighted by atomic mass is 9.68. The fraction of sp³-hybridized carbons (Fsp3) is 0.385. The lowest BCUT2D eigenvalue weighted by Crippen LogP contribution is -2.24. The molecule has 2 unspecified atom stereocenters. The van der Waals surface area contributed by atoms with E-state index in [2.05, 4.69) is 43.4 Å². The molecule has 0 aliphatic heterocycles. The number of urea groups is 1. The first-order valence-electron chi connectivity index (χ1n) is 11.1. The van der Waals surface area contributed by atoms with Crippen LogP contribution < -0.4 is 11.2 Å². The zero-order valence-corrected chi connectivity index (χ0v) is 18.6. The largest absolute Gasteiger partial charge is 0.508 e. The van der Waals surface area contributed by atoms with Gasteiger partial charge < -0.3 is 10.8 Å². The summed E-state index contributed by atoms with van der Waals surface area (Å²) >= 11 is 0. The van der Waals surface area contributed by atoms with Crippen LogP contribution in [-0.2, 0) is 0 Å². The van der Waals surface area contributed by atoms with E-state index in [9.17, 15) is 9.90 Å². The number of hydrogen-bond donors (Lipinski definition) is 3. The van der Waals surface area contributed by atoms with Gasteiger partial charge in [-0.3, -0.25) is 0 Å². The molecule has 1 aliphatic carbocycles. The molecule has 2 aromatic rings. The highest BCUT2D eigenvalue weighted by Crippen LogP contribution is 2.44. The number of carbonyl (C=O) groups excluding carboxylic acids is 1. The molecule has 5 nitrogen and oxygen atoms in total. The third-order valence-corrected chi connectivity index (χ3v) is 6.16. The molecule has 0 saturated heterocycles. The lowest BCUT2D eigenvalue weighted by molar-refractivity contribution is 0.249. The highest BCUT2D eigenvalue weighted by Gasteiger charge is 2.30. The van der Waals surface area contributed by atoms with Crippen molar-refractivity contribution in [2.24, 2.45) is 28.6 Å². The Morgan fingerprint density at radius 3 is 2.13 bits per heavy atom. The Hall–Kier alpha value is -3.08. The van der Waals surface area contributed by atoms with Crippen molar-refractivity contribution in [1.82, 2.24) is 5.43 Å². The minimum atomic E-state index is -0.686. The molecule has 1 aliphatic rings. The Labute approximate surface area is 185 Å². The Balaban J connectivity index is 2.02. The average Bonchev–Trinajstić information content (AvgIpc) is 2.72. The first kappa shape index (κ1) is 22.6. The van der Waals surface area contributed by atoms with Crippen LogP contribution in [-0.4, -0.2) is 17.4 Å². The van der Waals surface area contributed by atoms with E-state index < -0.39 is 6.03 Å². The van der Waals surface area contributed by atoms with Gasteiger partial charge in [0.2, 0.25) is 0 Å². The highest BCUT2D eigenvalue weighted by molar-refractivity contribution is 5.86. The number of nitrogens with one attached hydrogen (secondary N) is 1. The van der Waals surface area contributed by atoms with Gasteiger partial charge in [-0.25, -0.2) is 10.2 Å². The van der Waals surface area contributed by atoms with Crippen molar-refractivity contribution in [1.29, 1.82) is 0 Å². The van der Waals surface area contributed by atoms with Gasteiger partial charge in [-0.15, -0.1) is 0 Å². The van der Waals surface area contributed by atoms with Gasteiger partial charge in [-0.2, -0.15) is 5.10 Å². The smallest absolute Gasteiger partial charge is 0.332 e. The second kappa shape index (κ2) is 10.3. The van der Waals surface area contributed by atoms with Gasteiger partial charge in [0.15, 0.2) is 0 Å². The number of nitrogens with two attached hydrogens (primary N) is 1. The van der Waals surface area contributed by atoms with Gasteiger partial charge in [0.05, 0.1) is 6.21 Å². The minimum absolute atomic E-state index is 0.273. The van der Waals surface area contributed by atoms with Crippen molar-refractivity contribution in [3.63, 3.8) is 0 Å². The third-order valence-electron chi connectivity index (χ3n) is 6.16. The average molecular weight is 420 g/mol. The molecular formula is C26H33N3O2. The molecular weight excluding hydrogens is 386 g/mol. The monoisotopic (exact) mass is 419 g/mol. The number of primary amides is 1. The normalized spacial score (nSPS) is 21.3. The third kappa shape index (κ3) is 5.75. The number of phenols is 1. The molecule has 4 N–H and O–H groups in total. The quantitative estimate of drug-likeness (QED) is 0.415. The van der Waals surface area contributed by atoms with E-state index in [1.807, 2.05) is 24.3 Å². The van der Waals surface area contributed by atoms with E-state index in [1.54, 1.807) is 18.3 Å². The van der Waals surface area contributed by atoms with Gasteiger partial charge >= 0.3 is 6.03 Å². The number of hydrogen-bond acceptors (Lipinski definition) is 3. The number of allylic oxidation sites excluding steroid dienone is 1. The van der Waals surface area contributed by atoms with Crippen molar-refractivity contribution in [2.45, 2.75) is 46.5 Å². The van der Waals surface area contributed by atoms with Gasteiger partial charge in [-0.1, -0.05) is 75.6 Å². The molecule has 5 heteroatoms. The molecule has 31 heavy (non-hydrogen) atoms. The number of phenolic OH excluding ortho intramolecular Hbond substituents is 1. The first-order chi connectivity index (χ1) is 14.9. The fourth-order valence-electron chi connectivity index (χ4n) is 5.01. The second-order valence-electron chi connectivity index (χ2n) is 8.66. The summed E-state index contributed by atoms with van der Waals surface area (Å²) in [6, 6.07) is 15.0. The van der Waals surface area contributed by atoms with Gasteiger partial charge in [0, 0.05) is 0 Å². The summed E-state index contributed by atoms with van der Waals surface area (Å²) < 4.78 is 0. The molecule has 0 heterocycles.